The molecule has 0 aliphatic rings. The number of carbonyl (C=O) groups excluding carboxylic acids is 1. The van der Waals surface area contributed by atoms with Gasteiger partial charge in [-0.1, -0.05) is 25.1 Å². The van der Waals surface area contributed by atoms with Gasteiger partial charge in [-0.05, 0) is 12.1 Å². The van der Waals surface area contributed by atoms with Crippen molar-refractivity contribution in [2.24, 2.45) is 0 Å². The maximum atomic E-state index is 11.5. The first-order valence-corrected chi connectivity index (χ1v) is 4.76. The number of hydrogen-bond acceptors (Lipinski definition) is 2. The van der Waals surface area contributed by atoms with Crippen LogP contribution in [0.25, 0.3) is 0 Å². The normalized spacial score (nSPS) is 9.86. The minimum Gasteiger partial charge on any atom is -0.395 e. The molecule has 0 fully saturated rings. The number of amides is 1. The highest BCUT2D eigenvalue weighted by Gasteiger charge is 2.11. The van der Waals surface area contributed by atoms with Crippen molar-refractivity contribution in [3.05, 3.63) is 30.3 Å². The molecule has 1 aromatic rings. The lowest BCUT2D eigenvalue weighted by Crippen LogP contribution is -2.32. The average molecular weight is 193 g/mol. The molecule has 0 saturated carbocycles. The van der Waals surface area contributed by atoms with Gasteiger partial charge in [0.1, 0.15) is 0 Å². The molecular formula is C11H15NO2. The molecule has 0 unspecified atom stereocenters. The molecule has 1 aromatic carbocycles. The molecule has 0 aliphatic carbocycles. The van der Waals surface area contributed by atoms with E-state index >= 15 is 0 Å². The monoisotopic (exact) mass is 193 g/mol. The molecule has 3 heteroatoms. The molecule has 0 aliphatic heterocycles. The van der Waals surface area contributed by atoms with E-state index in [1.165, 1.54) is 0 Å². The zero-order valence-corrected chi connectivity index (χ0v) is 8.31. The standard InChI is InChI=1S/C11H15NO2/c1-2-11(14)12(8-9-13)10-6-4-3-5-7-10/h3-7,13H,2,8-9H2,1H3. The Bertz CT molecular complexity index is 285. The summed E-state index contributed by atoms with van der Waals surface area (Å²) < 4.78 is 0. The number of benzene rings is 1. The molecule has 0 bridgehead atoms. The van der Waals surface area contributed by atoms with Crippen molar-refractivity contribution in [2.75, 3.05) is 18.1 Å². The minimum atomic E-state index is -0.0133. The molecule has 0 saturated heterocycles. The first-order chi connectivity index (χ1) is 6.79. The lowest BCUT2D eigenvalue weighted by molar-refractivity contribution is -0.118. The summed E-state index contributed by atoms with van der Waals surface area (Å²) in [5, 5.41) is 8.85. The number of para-hydroxylation sites is 1. The average Bonchev–Trinajstić information content (AvgIpc) is 2.26. The summed E-state index contributed by atoms with van der Waals surface area (Å²) in [4.78, 5) is 13.1. The molecule has 1 N–H and O–H groups in total. The fourth-order valence-electron chi connectivity index (χ4n) is 1.30. The van der Waals surface area contributed by atoms with Crippen molar-refractivity contribution in [2.45, 2.75) is 13.3 Å². The predicted octanol–water partition coefficient (Wildman–Crippen LogP) is 1.42. The lowest BCUT2D eigenvalue weighted by Gasteiger charge is -2.21. The van der Waals surface area contributed by atoms with Crippen LogP contribution in [0.15, 0.2) is 30.3 Å². The zero-order chi connectivity index (χ0) is 10.4. The van der Waals surface area contributed by atoms with Gasteiger partial charge >= 0.3 is 0 Å². The van der Waals surface area contributed by atoms with Crippen LogP contribution in [0.2, 0.25) is 0 Å². The fourth-order valence-corrected chi connectivity index (χ4v) is 1.30. The van der Waals surface area contributed by atoms with Gasteiger partial charge in [-0.2, -0.15) is 0 Å². The summed E-state index contributed by atoms with van der Waals surface area (Å²) in [7, 11) is 0. The maximum absolute atomic E-state index is 11.5. The minimum absolute atomic E-state index is 0.0133. The second-order valence-corrected chi connectivity index (χ2v) is 2.96. The highest BCUT2D eigenvalue weighted by Crippen LogP contribution is 2.13. The van der Waals surface area contributed by atoms with Crippen LogP contribution in [-0.2, 0) is 4.79 Å². The van der Waals surface area contributed by atoms with Crippen molar-refractivity contribution in [3.63, 3.8) is 0 Å². The molecule has 0 aromatic heterocycles. The third-order valence-electron chi connectivity index (χ3n) is 1.99. The van der Waals surface area contributed by atoms with Crippen LogP contribution in [0.4, 0.5) is 5.69 Å². The summed E-state index contributed by atoms with van der Waals surface area (Å²) in [5.74, 6) is 0.0326. The van der Waals surface area contributed by atoms with Crippen molar-refractivity contribution in [3.8, 4) is 0 Å². The smallest absolute Gasteiger partial charge is 0.226 e. The van der Waals surface area contributed by atoms with E-state index in [0.717, 1.165) is 5.69 Å². The van der Waals surface area contributed by atoms with Gasteiger partial charge in [-0.15, -0.1) is 0 Å². The van der Waals surface area contributed by atoms with Crippen LogP contribution in [0.5, 0.6) is 0 Å². The Labute approximate surface area is 84.0 Å². The van der Waals surface area contributed by atoms with Crippen molar-refractivity contribution in [1.29, 1.82) is 0 Å². The van der Waals surface area contributed by atoms with Crippen LogP contribution in [0.3, 0.4) is 0 Å². The second-order valence-electron chi connectivity index (χ2n) is 2.96. The summed E-state index contributed by atoms with van der Waals surface area (Å²) in [6, 6.07) is 9.38. The van der Waals surface area contributed by atoms with E-state index in [9.17, 15) is 4.79 Å². The Balaban J connectivity index is 2.83. The van der Waals surface area contributed by atoms with Gasteiger partial charge in [0, 0.05) is 18.7 Å². The third-order valence-corrected chi connectivity index (χ3v) is 1.99. The second kappa shape index (κ2) is 5.40. The van der Waals surface area contributed by atoms with Gasteiger partial charge in [0.2, 0.25) is 5.91 Å². The number of anilines is 1. The van der Waals surface area contributed by atoms with E-state index in [1.807, 2.05) is 37.3 Å². The van der Waals surface area contributed by atoms with E-state index in [0.29, 0.717) is 13.0 Å². The summed E-state index contributed by atoms with van der Waals surface area (Å²) in [5.41, 5.74) is 0.841. The Morgan fingerprint density at radius 3 is 2.50 bits per heavy atom. The highest BCUT2D eigenvalue weighted by molar-refractivity contribution is 5.93. The maximum Gasteiger partial charge on any atom is 0.226 e. The van der Waals surface area contributed by atoms with Crippen molar-refractivity contribution < 1.29 is 9.90 Å². The number of aliphatic hydroxyl groups is 1. The quantitative estimate of drug-likeness (QED) is 0.785. The predicted molar refractivity (Wildman–Crippen MR) is 56.2 cm³/mol. The third kappa shape index (κ3) is 2.57. The molecule has 0 atom stereocenters. The molecule has 0 radical (unpaired) electrons. The Morgan fingerprint density at radius 2 is 2.00 bits per heavy atom. The van der Waals surface area contributed by atoms with Crippen LogP contribution in [-0.4, -0.2) is 24.2 Å². The molecule has 14 heavy (non-hydrogen) atoms. The Kier molecular flexibility index (Phi) is 4.13. The molecule has 1 rings (SSSR count). The zero-order valence-electron chi connectivity index (χ0n) is 8.31. The van der Waals surface area contributed by atoms with Gasteiger partial charge in [-0.3, -0.25) is 4.79 Å². The van der Waals surface area contributed by atoms with Crippen molar-refractivity contribution >= 4 is 11.6 Å². The molecule has 76 valence electrons. The van der Waals surface area contributed by atoms with E-state index in [1.54, 1.807) is 4.90 Å². The van der Waals surface area contributed by atoms with Crippen LogP contribution in [0, 0.1) is 0 Å². The van der Waals surface area contributed by atoms with Gasteiger partial charge in [0.25, 0.3) is 0 Å². The largest absolute Gasteiger partial charge is 0.395 e. The van der Waals surface area contributed by atoms with Crippen LogP contribution in [0.1, 0.15) is 13.3 Å². The van der Waals surface area contributed by atoms with Crippen LogP contribution >= 0.6 is 0 Å². The fraction of sp³-hybridized carbons (Fsp3) is 0.364. The lowest BCUT2D eigenvalue weighted by atomic mass is 10.2. The first-order valence-electron chi connectivity index (χ1n) is 4.76. The topological polar surface area (TPSA) is 40.5 Å². The van der Waals surface area contributed by atoms with E-state index in [2.05, 4.69) is 0 Å². The molecule has 0 spiro atoms. The first kappa shape index (κ1) is 10.7. The van der Waals surface area contributed by atoms with Crippen molar-refractivity contribution in [1.82, 2.24) is 0 Å². The molecule has 3 nitrogen and oxygen atoms in total. The summed E-state index contributed by atoms with van der Waals surface area (Å²) in [6.45, 7) is 2.16. The van der Waals surface area contributed by atoms with Gasteiger partial charge < -0.3 is 10.0 Å². The number of nitrogens with zero attached hydrogens (tertiary/aromatic N) is 1. The number of hydrogen-bond donors (Lipinski definition) is 1. The van der Waals surface area contributed by atoms with E-state index < -0.39 is 0 Å². The SMILES string of the molecule is CCC(=O)N(CCO)c1ccccc1. The van der Waals surface area contributed by atoms with Gasteiger partial charge in [-0.25, -0.2) is 0 Å². The highest BCUT2D eigenvalue weighted by atomic mass is 16.3. The molecule has 0 heterocycles. The molecular weight excluding hydrogens is 178 g/mol. The number of carbonyl (C=O) groups is 1. The van der Waals surface area contributed by atoms with Crippen LogP contribution < -0.4 is 4.90 Å². The number of aliphatic hydroxyl groups excluding tert-OH is 1. The van der Waals surface area contributed by atoms with Gasteiger partial charge in [0.15, 0.2) is 0 Å². The van der Waals surface area contributed by atoms with Gasteiger partial charge in [0.05, 0.1) is 6.61 Å². The summed E-state index contributed by atoms with van der Waals surface area (Å²) >= 11 is 0. The summed E-state index contributed by atoms with van der Waals surface area (Å²) in [6.07, 6.45) is 0.453. The Morgan fingerprint density at radius 1 is 1.36 bits per heavy atom. The Hall–Kier alpha value is -1.35. The van der Waals surface area contributed by atoms with E-state index in [-0.39, 0.29) is 12.5 Å². The van der Waals surface area contributed by atoms with E-state index in [4.69, 9.17) is 5.11 Å². The molecule has 1 amide bonds. The number of rotatable bonds is 4.